The van der Waals surface area contributed by atoms with E-state index in [1.54, 1.807) is 0 Å². The molecule has 0 radical (unpaired) electrons. The number of aryl methyl sites for hydroxylation is 1. The topological polar surface area (TPSA) is 111 Å². The lowest BCUT2D eigenvalue weighted by Crippen LogP contribution is -2.17. The van der Waals surface area contributed by atoms with E-state index in [0.29, 0.717) is 11.9 Å². The summed E-state index contributed by atoms with van der Waals surface area (Å²) in [6.07, 6.45) is 0.652. The largest absolute Gasteiger partial charge is 0.419 e. The number of carbonyl (C=O) groups is 1. The van der Waals surface area contributed by atoms with Crippen molar-refractivity contribution < 1.29 is 14.1 Å². The Kier molecular flexibility index (Phi) is 6.08. The number of hydrogen-bond donors (Lipinski definition) is 1. The Balaban J connectivity index is 1.60. The lowest BCUT2D eigenvalue weighted by molar-refractivity contribution is -0.384. The molecule has 1 N–H and O–H groups in total. The number of anilines is 1. The predicted molar refractivity (Wildman–Crippen MR) is 109 cm³/mol. The second-order valence-corrected chi connectivity index (χ2v) is 7.02. The number of fused-ring (bicyclic) bond motifs is 1. The molecule has 0 unspecified atom stereocenters. The van der Waals surface area contributed by atoms with Crippen LogP contribution in [0.15, 0.2) is 51.7 Å². The van der Waals surface area contributed by atoms with Gasteiger partial charge in [0.2, 0.25) is 5.91 Å². The van der Waals surface area contributed by atoms with Crippen molar-refractivity contribution in [2.75, 3.05) is 19.4 Å². The van der Waals surface area contributed by atoms with Crippen LogP contribution < -0.4 is 11.1 Å². The average molecular weight is 398 g/mol. The Bertz CT molecular complexity index is 1100. The van der Waals surface area contributed by atoms with Gasteiger partial charge >= 0.3 is 5.76 Å². The zero-order valence-electron chi connectivity index (χ0n) is 16.3. The summed E-state index contributed by atoms with van der Waals surface area (Å²) in [5.74, 6) is -0.749. The molecule has 0 aliphatic rings. The second kappa shape index (κ2) is 8.70. The van der Waals surface area contributed by atoms with Crippen LogP contribution in [0.5, 0.6) is 0 Å². The van der Waals surface area contributed by atoms with Crippen molar-refractivity contribution in [3.8, 4) is 0 Å². The maximum absolute atomic E-state index is 12.2. The maximum Gasteiger partial charge on any atom is 0.419 e. The summed E-state index contributed by atoms with van der Waals surface area (Å²) < 4.78 is 6.47. The summed E-state index contributed by atoms with van der Waals surface area (Å²) >= 11 is 0. The Morgan fingerprint density at radius 1 is 1.24 bits per heavy atom. The number of nitro groups is 1. The molecule has 0 aliphatic heterocycles. The summed E-state index contributed by atoms with van der Waals surface area (Å²) in [4.78, 5) is 36.6. The highest BCUT2D eigenvalue weighted by atomic mass is 16.6. The van der Waals surface area contributed by atoms with E-state index in [9.17, 15) is 19.7 Å². The van der Waals surface area contributed by atoms with Crippen LogP contribution in [-0.4, -0.2) is 34.4 Å². The average Bonchev–Trinajstić information content (AvgIpc) is 2.96. The molecule has 0 spiro atoms. The van der Waals surface area contributed by atoms with Gasteiger partial charge in [-0.05, 0) is 44.3 Å². The number of nitrogens with one attached hydrogen (secondary N) is 1. The first-order valence-corrected chi connectivity index (χ1v) is 9.15. The van der Waals surface area contributed by atoms with Crippen molar-refractivity contribution in [3.63, 3.8) is 0 Å². The van der Waals surface area contributed by atoms with Crippen molar-refractivity contribution in [2.24, 2.45) is 0 Å². The van der Waals surface area contributed by atoms with Gasteiger partial charge in [-0.2, -0.15) is 0 Å². The molecule has 9 heteroatoms. The zero-order chi connectivity index (χ0) is 21.0. The highest BCUT2D eigenvalue weighted by molar-refractivity contribution is 5.90. The lowest BCUT2D eigenvalue weighted by Gasteiger charge is -2.11. The molecule has 0 saturated heterocycles. The van der Waals surface area contributed by atoms with Gasteiger partial charge in [-0.1, -0.05) is 12.1 Å². The van der Waals surface area contributed by atoms with E-state index in [4.69, 9.17) is 4.42 Å². The van der Waals surface area contributed by atoms with Gasteiger partial charge in [-0.15, -0.1) is 0 Å². The third kappa shape index (κ3) is 5.08. The first-order valence-electron chi connectivity index (χ1n) is 9.15. The second-order valence-electron chi connectivity index (χ2n) is 7.02. The number of carbonyl (C=O) groups excluding carboxylic acids is 1. The number of oxazole rings is 1. The lowest BCUT2D eigenvalue weighted by atomic mass is 10.2. The van der Waals surface area contributed by atoms with Crippen LogP contribution in [0.3, 0.4) is 0 Å². The Labute approximate surface area is 166 Å². The number of rotatable bonds is 8. The van der Waals surface area contributed by atoms with E-state index in [1.165, 1.54) is 22.8 Å². The SMILES string of the molecule is CN(C)Cc1cccc(NC(=O)CCCn2c(=O)oc3cc([N+](=O)[O-])ccc32)c1. The van der Waals surface area contributed by atoms with E-state index < -0.39 is 10.7 Å². The highest BCUT2D eigenvalue weighted by Crippen LogP contribution is 2.20. The molecule has 0 saturated carbocycles. The summed E-state index contributed by atoms with van der Waals surface area (Å²) in [5.41, 5.74) is 2.31. The fourth-order valence-corrected chi connectivity index (χ4v) is 3.11. The van der Waals surface area contributed by atoms with E-state index in [0.717, 1.165) is 17.8 Å². The molecule has 3 rings (SSSR count). The van der Waals surface area contributed by atoms with Gasteiger partial charge in [0.25, 0.3) is 5.69 Å². The Morgan fingerprint density at radius 3 is 2.76 bits per heavy atom. The van der Waals surface area contributed by atoms with Crippen LogP contribution in [0.4, 0.5) is 11.4 Å². The molecular formula is C20H22N4O5. The molecule has 29 heavy (non-hydrogen) atoms. The van der Waals surface area contributed by atoms with Gasteiger partial charge in [-0.3, -0.25) is 19.5 Å². The molecule has 0 aliphatic carbocycles. The molecule has 0 bridgehead atoms. The standard InChI is InChI=1S/C20H22N4O5/c1-22(2)13-14-5-3-6-15(11-14)21-19(25)7-4-10-23-17-9-8-16(24(27)28)12-18(17)29-20(23)26/h3,5-6,8-9,11-12H,4,7,10,13H2,1-2H3,(H,21,25). The number of aromatic nitrogens is 1. The summed E-state index contributed by atoms with van der Waals surface area (Å²) in [5, 5.41) is 13.7. The number of amides is 1. The third-order valence-electron chi connectivity index (χ3n) is 4.36. The number of non-ortho nitro benzene ring substituents is 1. The van der Waals surface area contributed by atoms with Crippen molar-refractivity contribution in [3.05, 3.63) is 68.7 Å². The fraction of sp³-hybridized carbons (Fsp3) is 0.300. The van der Waals surface area contributed by atoms with Gasteiger partial charge in [0, 0.05) is 31.3 Å². The third-order valence-corrected chi connectivity index (χ3v) is 4.36. The molecule has 2 aromatic carbocycles. The summed E-state index contributed by atoms with van der Waals surface area (Å²) in [6, 6.07) is 11.7. The number of benzene rings is 2. The quantitative estimate of drug-likeness (QED) is 0.461. The molecule has 1 amide bonds. The van der Waals surface area contributed by atoms with E-state index in [-0.39, 0.29) is 30.1 Å². The van der Waals surface area contributed by atoms with Gasteiger partial charge in [0.05, 0.1) is 16.5 Å². The molecule has 1 heterocycles. The minimum absolute atomic E-state index is 0.144. The monoisotopic (exact) mass is 398 g/mol. The molecule has 0 atom stereocenters. The number of hydrogen-bond acceptors (Lipinski definition) is 6. The normalized spacial score (nSPS) is 11.1. The molecular weight excluding hydrogens is 376 g/mol. The van der Waals surface area contributed by atoms with Crippen LogP contribution in [0, 0.1) is 10.1 Å². The maximum atomic E-state index is 12.2. The van der Waals surface area contributed by atoms with E-state index in [1.807, 2.05) is 43.3 Å². The molecule has 1 aromatic heterocycles. The fourth-order valence-electron chi connectivity index (χ4n) is 3.11. The van der Waals surface area contributed by atoms with E-state index >= 15 is 0 Å². The highest BCUT2D eigenvalue weighted by Gasteiger charge is 2.14. The summed E-state index contributed by atoms with van der Waals surface area (Å²) in [7, 11) is 3.95. The van der Waals surface area contributed by atoms with Gasteiger partial charge in [0.1, 0.15) is 0 Å². The van der Waals surface area contributed by atoms with Crippen LogP contribution in [0.2, 0.25) is 0 Å². The van der Waals surface area contributed by atoms with E-state index in [2.05, 4.69) is 5.32 Å². The molecule has 0 fully saturated rings. The smallest absolute Gasteiger partial charge is 0.407 e. The predicted octanol–water partition coefficient (Wildman–Crippen LogP) is 2.98. The van der Waals surface area contributed by atoms with Crippen LogP contribution in [0.25, 0.3) is 11.1 Å². The first kappa shape index (κ1) is 20.3. The van der Waals surface area contributed by atoms with Crippen molar-refractivity contribution in [2.45, 2.75) is 25.9 Å². The van der Waals surface area contributed by atoms with Gasteiger partial charge < -0.3 is 14.6 Å². The Hall–Kier alpha value is -3.46. The molecule has 3 aromatic rings. The number of nitrogens with zero attached hydrogens (tertiary/aromatic N) is 3. The Morgan fingerprint density at radius 2 is 2.03 bits per heavy atom. The van der Waals surface area contributed by atoms with Crippen molar-refractivity contribution in [1.82, 2.24) is 9.47 Å². The van der Waals surface area contributed by atoms with Crippen LogP contribution in [-0.2, 0) is 17.9 Å². The van der Waals surface area contributed by atoms with Gasteiger partial charge in [-0.25, -0.2) is 4.79 Å². The molecule has 9 nitrogen and oxygen atoms in total. The first-order chi connectivity index (χ1) is 13.8. The van der Waals surface area contributed by atoms with Crippen molar-refractivity contribution in [1.29, 1.82) is 0 Å². The van der Waals surface area contributed by atoms with Gasteiger partial charge in [0.15, 0.2) is 5.58 Å². The minimum atomic E-state index is -0.600. The molecule has 152 valence electrons. The summed E-state index contributed by atoms with van der Waals surface area (Å²) in [6.45, 7) is 1.05. The zero-order valence-corrected chi connectivity index (χ0v) is 16.3. The van der Waals surface area contributed by atoms with Crippen LogP contribution in [0.1, 0.15) is 18.4 Å². The van der Waals surface area contributed by atoms with Crippen molar-refractivity contribution >= 4 is 28.4 Å². The van der Waals surface area contributed by atoms with Crippen LogP contribution >= 0.6 is 0 Å². The minimum Gasteiger partial charge on any atom is -0.407 e. The number of nitro benzene ring substituents is 1.